The lowest BCUT2D eigenvalue weighted by Gasteiger charge is -2.14. The molecule has 2 N–H and O–H groups in total. The number of benzene rings is 1. The standard InChI is InChI=1S/C12H16BrNO4/c1-16-10-5-7(4-9(14)12(15)18-3)8(13)6-11(10)17-2/h5-6,9H,4,14H2,1-3H3/t9-/m0/s1. The van der Waals surface area contributed by atoms with Crippen LogP contribution in [-0.2, 0) is 16.0 Å². The molecule has 0 aromatic heterocycles. The zero-order valence-corrected chi connectivity index (χ0v) is 12.1. The zero-order chi connectivity index (χ0) is 13.7. The number of hydrogen-bond donors (Lipinski definition) is 1. The number of ether oxygens (including phenoxy) is 3. The Balaban J connectivity index is 2.99. The molecular formula is C12H16BrNO4. The normalized spacial score (nSPS) is 11.8. The van der Waals surface area contributed by atoms with Crippen molar-refractivity contribution in [2.24, 2.45) is 5.73 Å². The van der Waals surface area contributed by atoms with Crippen molar-refractivity contribution in [3.05, 3.63) is 22.2 Å². The Kier molecular flexibility index (Phi) is 5.43. The van der Waals surface area contributed by atoms with E-state index in [9.17, 15) is 4.79 Å². The third kappa shape index (κ3) is 3.36. The van der Waals surface area contributed by atoms with Gasteiger partial charge in [0.1, 0.15) is 6.04 Å². The summed E-state index contributed by atoms with van der Waals surface area (Å²) in [7, 11) is 4.42. The van der Waals surface area contributed by atoms with Crippen molar-refractivity contribution in [2.75, 3.05) is 21.3 Å². The number of esters is 1. The second kappa shape index (κ2) is 6.61. The molecule has 1 aromatic rings. The van der Waals surface area contributed by atoms with Crippen LogP contribution in [-0.4, -0.2) is 33.3 Å². The molecule has 5 nitrogen and oxygen atoms in total. The fourth-order valence-corrected chi connectivity index (χ4v) is 2.01. The molecule has 100 valence electrons. The summed E-state index contributed by atoms with van der Waals surface area (Å²) in [6, 6.07) is 2.86. The molecule has 18 heavy (non-hydrogen) atoms. The molecule has 1 atom stereocenters. The lowest BCUT2D eigenvalue weighted by atomic mass is 10.1. The zero-order valence-electron chi connectivity index (χ0n) is 10.5. The lowest BCUT2D eigenvalue weighted by molar-refractivity contribution is -0.142. The van der Waals surface area contributed by atoms with Crippen LogP contribution < -0.4 is 15.2 Å². The first kappa shape index (κ1) is 14.8. The number of rotatable bonds is 5. The first-order valence-electron chi connectivity index (χ1n) is 5.27. The van der Waals surface area contributed by atoms with Crippen LogP contribution in [0.2, 0.25) is 0 Å². The Labute approximate surface area is 114 Å². The quantitative estimate of drug-likeness (QED) is 0.833. The lowest BCUT2D eigenvalue weighted by Crippen LogP contribution is -2.33. The minimum atomic E-state index is -0.704. The largest absolute Gasteiger partial charge is 0.493 e. The number of carbonyl (C=O) groups is 1. The van der Waals surface area contributed by atoms with Gasteiger partial charge in [0.25, 0.3) is 0 Å². The molecule has 0 bridgehead atoms. The third-order valence-corrected chi connectivity index (χ3v) is 3.23. The van der Waals surface area contributed by atoms with E-state index in [1.807, 2.05) is 0 Å². The molecule has 0 radical (unpaired) electrons. The van der Waals surface area contributed by atoms with E-state index in [-0.39, 0.29) is 0 Å². The van der Waals surface area contributed by atoms with Gasteiger partial charge in [-0.15, -0.1) is 0 Å². The molecule has 0 aliphatic carbocycles. The molecule has 0 fully saturated rings. The fraction of sp³-hybridized carbons (Fsp3) is 0.417. The van der Waals surface area contributed by atoms with E-state index in [2.05, 4.69) is 20.7 Å². The highest BCUT2D eigenvalue weighted by Gasteiger charge is 2.17. The minimum Gasteiger partial charge on any atom is -0.493 e. The second-order valence-corrected chi connectivity index (χ2v) is 4.49. The molecule has 0 saturated heterocycles. The molecule has 6 heteroatoms. The first-order chi connectivity index (χ1) is 8.53. The van der Waals surface area contributed by atoms with E-state index in [4.69, 9.17) is 15.2 Å². The molecular weight excluding hydrogens is 302 g/mol. The Morgan fingerprint density at radius 2 is 1.83 bits per heavy atom. The van der Waals surface area contributed by atoms with Gasteiger partial charge in [0, 0.05) is 4.47 Å². The molecule has 0 saturated carbocycles. The maximum atomic E-state index is 11.3. The van der Waals surface area contributed by atoms with E-state index >= 15 is 0 Å². The van der Waals surface area contributed by atoms with Crippen molar-refractivity contribution < 1.29 is 19.0 Å². The number of hydrogen-bond acceptors (Lipinski definition) is 5. The molecule has 0 unspecified atom stereocenters. The smallest absolute Gasteiger partial charge is 0.322 e. The van der Waals surface area contributed by atoms with Gasteiger partial charge in [0.15, 0.2) is 11.5 Å². The van der Waals surface area contributed by atoms with Crippen LogP contribution >= 0.6 is 15.9 Å². The molecule has 0 aliphatic heterocycles. The van der Waals surface area contributed by atoms with E-state index in [0.29, 0.717) is 17.9 Å². The van der Waals surface area contributed by atoms with Crippen LogP contribution in [0.25, 0.3) is 0 Å². The van der Waals surface area contributed by atoms with Gasteiger partial charge in [-0.05, 0) is 24.1 Å². The summed E-state index contributed by atoms with van der Waals surface area (Å²) in [6.45, 7) is 0. The SMILES string of the molecule is COC(=O)[C@@H](N)Cc1cc(OC)c(OC)cc1Br. The highest BCUT2D eigenvalue weighted by molar-refractivity contribution is 9.10. The summed E-state index contributed by atoms with van der Waals surface area (Å²) in [5.41, 5.74) is 6.58. The van der Waals surface area contributed by atoms with E-state index in [0.717, 1.165) is 10.0 Å². The van der Waals surface area contributed by atoms with Gasteiger partial charge in [-0.2, -0.15) is 0 Å². The molecule has 1 rings (SSSR count). The average Bonchev–Trinajstić information content (AvgIpc) is 2.39. The summed E-state index contributed by atoms with van der Waals surface area (Å²) in [5.74, 6) is 0.754. The van der Waals surface area contributed by atoms with Gasteiger partial charge in [0.2, 0.25) is 0 Å². The number of halogens is 1. The maximum Gasteiger partial charge on any atom is 0.322 e. The first-order valence-corrected chi connectivity index (χ1v) is 6.06. The second-order valence-electron chi connectivity index (χ2n) is 3.63. The molecule has 1 aromatic carbocycles. The van der Waals surface area contributed by atoms with Gasteiger partial charge in [-0.1, -0.05) is 15.9 Å². The third-order valence-electron chi connectivity index (χ3n) is 2.50. The van der Waals surface area contributed by atoms with Gasteiger partial charge in [-0.3, -0.25) is 4.79 Å². The van der Waals surface area contributed by atoms with Gasteiger partial charge >= 0.3 is 5.97 Å². The topological polar surface area (TPSA) is 70.8 Å². The van der Waals surface area contributed by atoms with Crippen molar-refractivity contribution in [3.8, 4) is 11.5 Å². The maximum absolute atomic E-state index is 11.3. The van der Waals surface area contributed by atoms with Crippen LogP contribution in [0, 0.1) is 0 Å². The summed E-state index contributed by atoms with van der Waals surface area (Å²) in [5, 5.41) is 0. The number of nitrogens with two attached hydrogens (primary N) is 1. The van der Waals surface area contributed by atoms with Gasteiger partial charge < -0.3 is 19.9 Å². The van der Waals surface area contributed by atoms with Crippen LogP contribution in [0.4, 0.5) is 0 Å². The van der Waals surface area contributed by atoms with E-state index in [1.165, 1.54) is 7.11 Å². The molecule has 0 aliphatic rings. The Bertz CT molecular complexity index is 436. The average molecular weight is 318 g/mol. The van der Waals surface area contributed by atoms with Crippen molar-refractivity contribution in [2.45, 2.75) is 12.5 Å². The van der Waals surface area contributed by atoms with Crippen LogP contribution in [0.5, 0.6) is 11.5 Å². The molecule has 0 spiro atoms. The van der Waals surface area contributed by atoms with E-state index < -0.39 is 12.0 Å². The summed E-state index contributed by atoms with van der Waals surface area (Å²) < 4.78 is 15.8. The number of methoxy groups -OCH3 is 3. The number of carbonyl (C=O) groups excluding carboxylic acids is 1. The van der Waals surface area contributed by atoms with E-state index in [1.54, 1.807) is 26.4 Å². The summed E-state index contributed by atoms with van der Waals surface area (Å²) in [6.07, 6.45) is 0.355. The van der Waals surface area contributed by atoms with Crippen LogP contribution in [0.3, 0.4) is 0 Å². The monoisotopic (exact) mass is 317 g/mol. The van der Waals surface area contributed by atoms with Crippen LogP contribution in [0.1, 0.15) is 5.56 Å². The molecule has 0 heterocycles. The van der Waals surface area contributed by atoms with Crippen molar-refractivity contribution in [1.82, 2.24) is 0 Å². The predicted octanol–water partition coefficient (Wildman–Crippen LogP) is 1.51. The predicted molar refractivity (Wildman–Crippen MR) is 70.9 cm³/mol. The van der Waals surface area contributed by atoms with Gasteiger partial charge in [0.05, 0.1) is 21.3 Å². The summed E-state index contributed by atoms with van der Waals surface area (Å²) >= 11 is 3.41. The van der Waals surface area contributed by atoms with Crippen LogP contribution in [0.15, 0.2) is 16.6 Å². The highest BCUT2D eigenvalue weighted by atomic mass is 79.9. The fourth-order valence-electron chi connectivity index (χ4n) is 1.52. The Morgan fingerprint density at radius 3 is 2.33 bits per heavy atom. The molecule has 0 amide bonds. The van der Waals surface area contributed by atoms with Gasteiger partial charge in [-0.25, -0.2) is 0 Å². The Hall–Kier alpha value is -1.27. The van der Waals surface area contributed by atoms with Crippen molar-refractivity contribution in [3.63, 3.8) is 0 Å². The minimum absolute atomic E-state index is 0.355. The van der Waals surface area contributed by atoms with Crippen molar-refractivity contribution >= 4 is 21.9 Å². The summed E-state index contributed by atoms with van der Waals surface area (Å²) in [4.78, 5) is 11.3. The Morgan fingerprint density at radius 1 is 1.28 bits per heavy atom. The highest BCUT2D eigenvalue weighted by Crippen LogP contribution is 2.33. The van der Waals surface area contributed by atoms with Crippen molar-refractivity contribution in [1.29, 1.82) is 0 Å².